The molecule has 122 valence electrons. The van der Waals surface area contributed by atoms with Gasteiger partial charge in [0.15, 0.2) is 0 Å². The third-order valence-electron chi connectivity index (χ3n) is 5.37. The molecule has 1 aliphatic heterocycles. The minimum Gasteiger partial charge on any atom is -0.385 e. The summed E-state index contributed by atoms with van der Waals surface area (Å²) in [6, 6.07) is 9.07. The van der Waals surface area contributed by atoms with Crippen molar-refractivity contribution in [3.63, 3.8) is 0 Å². The van der Waals surface area contributed by atoms with E-state index >= 15 is 0 Å². The molecule has 0 unspecified atom stereocenters. The lowest BCUT2D eigenvalue weighted by Crippen LogP contribution is -2.46. The quantitative estimate of drug-likeness (QED) is 0.892. The second kappa shape index (κ2) is 7.87. The van der Waals surface area contributed by atoms with Gasteiger partial charge in [0.05, 0.1) is 0 Å². The van der Waals surface area contributed by atoms with Crippen LogP contribution in [0.15, 0.2) is 24.3 Å². The Kier molecular flexibility index (Phi) is 5.60. The number of nitrogens with zero attached hydrogens (tertiary/aromatic N) is 2. The van der Waals surface area contributed by atoms with Crippen LogP contribution in [0.3, 0.4) is 0 Å². The van der Waals surface area contributed by atoms with E-state index in [1.807, 2.05) is 0 Å². The predicted octanol–water partition coefficient (Wildman–Crippen LogP) is 3.82. The molecule has 3 heteroatoms. The zero-order valence-corrected chi connectivity index (χ0v) is 14.1. The van der Waals surface area contributed by atoms with Crippen molar-refractivity contribution in [1.82, 2.24) is 4.90 Å². The first-order valence-electron chi connectivity index (χ1n) is 9.16. The number of benzene rings is 1. The van der Waals surface area contributed by atoms with Crippen molar-refractivity contribution in [1.29, 1.82) is 0 Å². The minimum atomic E-state index is 0.885. The third kappa shape index (κ3) is 4.16. The van der Waals surface area contributed by atoms with E-state index < -0.39 is 0 Å². The molecular weight excluding hydrogens is 270 g/mol. The number of piperazine rings is 1. The van der Waals surface area contributed by atoms with E-state index in [1.165, 1.54) is 63.1 Å². The standard InChI is InChI=1S/C19H31N3/c1-2-21-12-14-22(15-13-21)19-10-8-18(9-11-19)20-16-17-6-4-3-5-7-17/h8-11,17,20H,2-7,12-16H2,1H3. The van der Waals surface area contributed by atoms with Crippen LogP contribution < -0.4 is 10.2 Å². The summed E-state index contributed by atoms with van der Waals surface area (Å²) >= 11 is 0. The fourth-order valence-corrected chi connectivity index (χ4v) is 3.77. The number of likely N-dealkylation sites (N-methyl/N-ethyl adjacent to an activating group) is 1. The van der Waals surface area contributed by atoms with Crippen molar-refractivity contribution in [2.24, 2.45) is 5.92 Å². The Morgan fingerprint density at radius 1 is 0.955 bits per heavy atom. The predicted molar refractivity (Wildman–Crippen MR) is 95.8 cm³/mol. The summed E-state index contributed by atoms with van der Waals surface area (Å²) in [5.74, 6) is 0.885. The maximum atomic E-state index is 3.63. The molecule has 1 saturated heterocycles. The lowest BCUT2D eigenvalue weighted by molar-refractivity contribution is 0.271. The van der Waals surface area contributed by atoms with E-state index in [0.29, 0.717) is 0 Å². The van der Waals surface area contributed by atoms with Gasteiger partial charge in [0.25, 0.3) is 0 Å². The van der Waals surface area contributed by atoms with E-state index in [9.17, 15) is 0 Å². The van der Waals surface area contributed by atoms with Gasteiger partial charge in [0.1, 0.15) is 0 Å². The van der Waals surface area contributed by atoms with Gasteiger partial charge >= 0.3 is 0 Å². The summed E-state index contributed by atoms with van der Waals surface area (Å²) in [6.07, 6.45) is 7.11. The first kappa shape index (κ1) is 15.7. The Bertz CT molecular complexity index is 428. The first-order valence-corrected chi connectivity index (χ1v) is 9.16. The minimum absolute atomic E-state index is 0.885. The smallest absolute Gasteiger partial charge is 0.0368 e. The SMILES string of the molecule is CCN1CCN(c2ccc(NCC3CCCCC3)cc2)CC1. The van der Waals surface area contributed by atoms with Gasteiger partial charge in [-0.05, 0) is 49.6 Å². The summed E-state index contributed by atoms with van der Waals surface area (Å²) in [7, 11) is 0. The molecule has 1 aromatic carbocycles. The van der Waals surface area contributed by atoms with Crippen LogP contribution in [-0.4, -0.2) is 44.2 Å². The van der Waals surface area contributed by atoms with Gasteiger partial charge in [0.2, 0.25) is 0 Å². The van der Waals surface area contributed by atoms with Crippen LogP contribution in [0.5, 0.6) is 0 Å². The van der Waals surface area contributed by atoms with Gasteiger partial charge in [-0.15, -0.1) is 0 Å². The second-order valence-corrected chi connectivity index (χ2v) is 6.85. The van der Waals surface area contributed by atoms with Crippen molar-refractivity contribution in [3.05, 3.63) is 24.3 Å². The molecular formula is C19H31N3. The van der Waals surface area contributed by atoms with Gasteiger partial charge in [-0.1, -0.05) is 26.2 Å². The van der Waals surface area contributed by atoms with Crippen molar-refractivity contribution < 1.29 is 0 Å². The zero-order chi connectivity index (χ0) is 15.2. The molecule has 0 aromatic heterocycles. The fraction of sp³-hybridized carbons (Fsp3) is 0.684. The molecule has 1 aliphatic carbocycles. The Hall–Kier alpha value is -1.22. The van der Waals surface area contributed by atoms with E-state index in [2.05, 4.69) is 46.3 Å². The number of anilines is 2. The lowest BCUT2D eigenvalue weighted by atomic mass is 9.89. The van der Waals surface area contributed by atoms with Gasteiger partial charge in [-0.25, -0.2) is 0 Å². The topological polar surface area (TPSA) is 18.5 Å². The second-order valence-electron chi connectivity index (χ2n) is 6.85. The summed E-state index contributed by atoms with van der Waals surface area (Å²) in [5.41, 5.74) is 2.65. The van der Waals surface area contributed by atoms with Crippen LogP contribution >= 0.6 is 0 Å². The maximum Gasteiger partial charge on any atom is 0.0368 e. The summed E-state index contributed by atoms with van der Waals surface area (Å²) < 4.78 is 0. The Balaban J connectivity index is 1.47. The van der Waals surface area contributed by atoms with Crippen LogP contribution in [0.1, 0.15) is 39.0 Å². The molecule has 0 bridgehead atoms. The molecule has 22 heavy (non-hydrogen) atoms. The Morgan fingerprint density at radius 3 is 2.27 bits per heavy atom. The van der Waals surface area contributed by atoms with E-state index in [4.69, 9.17) is 0 Å². The largest absolute Gasteiger partial charge is 0.385 e. The van der Waals surface area contributed by atoms with E-state index in [1.54, 1.807) is 0 Å². The van der Waals surface area contributed by atoms with Crippen molar-refractivity contribution in [3.8, 4) is 0 Å². The molecule has 0 spiro atoms. The van der Waals surface area contributed by atoms with Crippen molar-refractivity contribution >= 4 is 11.4 Å². The first-order chi connectivity index (χ1) is 10.8. The number of hydrogen-bond donors (Lipinski definition) is 1. The van der Waals surface area contributed by atoms with Crippen LogP contribution in [0.25, 0.3) is 0 Å². The highest BCUT2D eigenvalue weighted by molar-refractivity contribution is 5.55. The Morgan fingerprint density at radius 2 is 1.64 bits per heavy atom. The molecule has 0 amide bonds. The summed E-state index contributed by atoms with van der Waals surface area (Å²) in [4.78, 5) is 5.04. The molecule has 1 saturated carbocycles. The average Bonchev–Trinajstić information content (AvgIpc) is 2.61. The van der Waals surface area contributed by atoms with Crippen LogP contribution in [0, 0.1) is 5.92 Å². The number of nitrogens with one attached hydrogen (secondary N) is 1. The molecule has 1 aromatic rings. The van der Waals surface area contributed by atoms with Crippen molar-refractivity contribution in [2.45, 2.75) is 39.0 Å². The van der Waals surface area contributed by atoms with Crippen LogP contribution in [0.2, 0.25) is 0 Å². The zero-order valence-electron chi connectivity index (χ0n) is 14.1. The highest BCUT2D eigenvalue weighted by atomic mass is 15.3. The number of rotatable bonds is 5. The lowest BCUT2D eigenvalue weighted by Gasteiger charge is -2.35. The third-order valence-corrected chi connectivity index (χ3v) is 5.37. The van der Waals surface area contributed by atoms with Crippen LogP contribution in [0.4, 0.5) is 11.4 Å². The fourth-order valence-electron chi connectivity index (χ4n) is 3.77. The Labute approximate surface area is 135 Å². The van der Waals surface area contributed by atoms with Gasteiger partial charge in [0, 0.05) is 44.1 Å². The molecule has 2 aliphatic rings. The monoisotopic (exact) mass is 301 g/mol. The molecule has 2 fully saturated rings. The average molecular weight is 301 g/mol. The normalized spacial score (nSPS) is 21.0. The molecule has 0 radical (unpaired) electrons. The molecule has 0 atom stereocenters. The van der Waals surface area contributed by atoms with Gasteiger partial charge in [-0.2, -0.15) is 0 Å². The van der Waals surface area contributed by atoms with Gasteiger partial charge in [-0.3, -0.25) is 0 Å². The maximum absolute atomic E-state index is 3.63. The summed E-state index contributed by atoms with van der Waals surface area (Å²) in [6.45, 7) is 9.27. The molecule has 1 N–H and O–H groups in total. The summed E-state index contributed by atoms with van der Waals surface area (Å²) in [5, 5.41) is 3.63. The van der Waals surface area contributed by atoms with E-state index in [-0.39, 0.29) is 0 Å². The molecule has 3 nitrogen and oxygen atoms in total. The molecule has 3 rings (SSSR count). The van der Waals surface area contributed by atoms with Crippen LogP contribution in [-0.2, 0) is 0 Å². The number of hydrogen-bond acceptors (Lipinski definition) is 3. The molecule has 1 heterocycles. The van der Waals surface area contributed by atoms with E-state index in [0.717, 1.165) is 25.6 Å². The van der Waals surface area contributed by atoms with Crippen molar-refractivity contribution in [2.75, 3.05) is 49.5 Å². The highest BCUT2D eigenvalue weighted by Crippen LogP contribution is 2.25. The van der Waals surface area contributed by atoms with Gasteiger partial charge < -0.3 is 15.1 Å². The highest BCUT2D eigenvalue weighted by Gasteiger charge is 2.16.